The van der Waals surface area contributed by atoms with E-state index in [-0.39, 0.29) is 23.2 Å². The molecule has 0 fully saturated rings. The highest BCUT2D eigenvalue weighted by atomic mass is 35.5. The second kappa shape index (κ2) is 5.91. The minimum absolute atomic E-state index is 0.0120. The van der Waals surface area contributed by atoms with Crippen molar-refractivity contribution < 1.29 is 18.0 Å². The van der Waals surface area contributed by atoms with Crippen molar-refractivity contribution in [3.05, 3.63) is 28.8 Å². The first kappa shape index (κ1) is 16.6. The van der Waals surface area contributed by atoms with Crippen LogP contribution in [-0.2, 0) is 11.0 Å². The van der Waals surface area contributed by atoms with Crippen molar-refractivity contribution in [1.29, 1.82) is 0 Å². The Balaban J connectivity index is 2.81. The molecule has 7 heteroatoms. The van der Waals surface area contributed by atoms with Gasteiger partial charge in [0, 0.05) is 16.2 Å². The van der Waals surface area contributed by atoms with E-state index in [2.05, 4.69) is 10.6 Å². The molecule has 2 N–H and O–H groups in total. The Morgan fingerprint density at radius 2 is 1.85 bits per heavy atom. The molecule has 0 heterocycles. The van der Waals surface area contributed by atoms with Crippen molar-refractivity contribution in [3.8, 4) is 0 Å². The summed E-state index contributed by atoms with van der Waals surface area (Å²) < 4.78 is 38.5. The number of nitrogens with one attached hydrogen (secondary N) is 2. The van der Waals surface area contributed by atoms with Gasteiger partial charge in [-0.15, -0.1) is 0 Å². The average Bonchev–Trinajstić information content (AvgIpc) is 2.23. The van der Waals surface area contributed by atoms with Crippen LogP contribution in [0.1, 0.15) is 26.3 Å². The number of amides is 1. The highest BCUT2D eigenvalue weighted by Gasteiger charge is 2.33. The van der Waals surface area contributed by atoms with Gasteiger partial charge in [0.05, 0.1) is 12.1 Å². The number of benzene rings is 1. The van der Waals surface area contributed by atoms with Crippen LogP contribution in [0.5, 0.6) is 0 Å². The molecule has 0 radical (unpaired) electrons. The predicted octanol–water partition coefficient (Wildman–Crippen LogP) is 3.69. The van der Waals surface area contributed by atoms with E-state index in [4.69, 9.17) is 11.6 Å². The molecule has 20 heavy (non-hydrogen) atoms. The fourth-order valence-electron chi connectivity index (χ4n) is 1.54. The van der Waals surface area contributed by atoms with Crippen molar-refractivity contribution in [2.45, 2.75) is 32.5 Å². The number of alkyl halides is 3. The third kappa shape index (κ3) is 5.28. The lowest BCUT2D eigenvalue weighted by Crippen LogP contribution is -2.43. The molecule has 1 aromatic rings. The molecule has 0 aliphatic carbocycles. The van der Waals surface area contributed by atoms with Crippen LogP contribution < -0.4 is 10.6 Å². The molecule has 0 unspecified atom stereocenters. The average molecular weight is 309 g/mol. The highest BCUT2D eigenvalue weighted by molar-refractivity contribution is 6.30. The summed E-state index contributed by atoms with van der Waals surface area (Å²) in [6.45, 7) is 5.11. The van der Waals surface area contributed by atoms with Crippen LogP contribution in [0.3, 0.4) is 0 Å². The molecule has 112 valence electrons. The number of rotatable bonds is 3. The zero-order valence-corrected chi connectivity index (χ0v) is 12.1. The second-order valence-electron chi connectivity index (χ2n) is 5.34. The summed E-state index contributed by atoms with van der Waals surface area (Å²) in [6.07, 6.45) is -4.53. The predicted molar refractivity (Wildman–Crippen MR) is 72.8 cm³/mol. The van der Waals surface area contributed by atoms with Crippen molar-refractivity contribution in [2.75, 3.05) is 11.9 Å². The molecule has 0 saturated heterocycles. The zero-order chi connectivity index (χ0) is 15.6. The van der Waals surface area contributed by atoms with E-state index in [9.17, 15) is 18.0 Å². The molecule has 1 aromatic carbocycles. The van der Waals surface area contributed by atoms with E-state index in [1.807, 2.05) is 0 Å². The second-order valence-corrected chi connectivity index (χ2v) is 5.78. The summed E-state index contributed by atoms with van der Waals surface area (Å²) in [4.78, 5) is 11.6. The van der Waals surface area contributed by atoms with Crippen molar-refractivity contribution in [2.24, 2.45) is 0 Å². The Labute approximate surface area is 120 Å². The van der Waals surface area contributed by atoms with E-state index < -0.39 is 17.3 Å². The molecule has 0 aromatic heterocycles. The van der Waals surface area contributed by atoms with Gasteiger partial charge in [0.2, 0.25) is 5.91 Å². The number of halogens is 4. The Hall–Kier alpha value is -1.43. The number of hydrogen-bond acceptors (Lipinski definition) is 2. The van der Waals surface area contributed by atoms with Gasteiger partial charge < -0.3 is 10.6 Å². The Morgan fingerprint density at radius 1 is 1.25 bits per heavy atom. The van der Waals surface area contributed by atoms with E-state index in [0.29, 0.717) is 0 Å². The van der Waals surface area contributed by atoms with Gasteiger partial charge in [-0.05, 0) is 39.0 Å². The Kier molecular flexibility index (Phi) is 4.91. The Morgan fingerprint density at radius 3 is 2.35 bits per heavy atom. The normalized spacial score (nSPS) is 12.2. The molecule has 0 bridgehead atoms. The summed E-state index contributed by atoms with van der Waals surface area (Å²) in [5, 5.41) is 5.12. The minimum atomic E-state index is -4.53. The van der Waals surface area contributed by atoms with E-state index in [1.165, 1.54) is 12.1 Å². The molecule has 0 atom stereocenters. The first-order valence-electron chi connectivity index (χ1n) is 5.91. The van der Waals surface area contributed by atoms with Crippen LogP contribution in [0.2, 0.25) is 5.02 Å². The van der Waals surface area contributed by atoms with Gasteiger partial charge in [-0.3, -0.25) is 4.79 Å². The van der Waals surface area contributed by atoms with Crippen LogP contribution in [0.25, 0.3) is 0 Å². The van der Waals surface area contributed by atoms with E-state index >= 15 is 0 Å². The quantitative estimate of drug-likeness (QED) is 0.894. The lowest BCUT2D eigenvalue weighted by Gasteiger charge is -2.21. The Bertz CT molecular complexity index is 495. The van der Waals surface area contributed by atoms with Crippen LogP contribution in [0.15, 0.2) is 18.2 Å². The third-order valence-corrected chi connectivity index (χ3v) is 2.48. The minimum Gasteiger partial charge on any atom is -0.376 e. The van der Waals surface area contributed by atoms with Crippen molar-refractivity contribution >= 4 is 23.2 Å². The number of carbonyl (C=O) groups excluding carboxylic acids is 1. The maximum Gasteiger partial charge on any atom is 0.418 e. The summed E-state index contributed by atoms with van der Waals surface area (Å²) in [5.41, 5.74) is -1.51. The van der Waals surface area contributed by atoms with Crippen LogP contribution >= 0.6 is 11.6 Å². The van der Waals surface area contributed by atoms with Crippen LogP contribution in [0, 0.1) is 0 Å². The molecule has 0 aliphatic rings. The topological polar surface area (TPSA) is 41.1 Å². The lowest BCUT2D eigenvalue weighted by molar-refractivity contribution is -0.137. The summed E-state index contributed by atoms with van der Waals surface area (Å²) in [6, 6.07) is 3.36. The van der Waals surface area contributed by atoms with E-state index in [1.54, 1.807) is 20.8 Å². The molecule has 0 spiro atoms. The van der Waals surface area contributed by atoms with Crippen LogP contribution in [-0.4, -0.2) is 18.0 Å². The standard InChI is InChI=1S/C13H16ClF3N2O/c1-12(2,3)19-11(20)7-18-10-5-4-8(14)6-9(10)13(15,16)17/h4-6,18H,7H2,1-3H3,(H,19,20). The molecule has 3 nitrogen and oxygen atoms in total. The highest BCUT2D eigenvalue weighted by Crippen LogP contribution is 2.36. The monoisotopic (exact) mass is 308 g/mol. The largest absolute Gasteiger partial charge is 0.418 e. The van der Waals surface area contributed by atoms with E-state index in [0.717, 1.165) is 6.07 Å². The number of anilines is 1. The number of carbonyl (C=O) groups is 1. The molecular weight excluding hydrogens is 293 g/mol. The van der Waals surface area contributed by atoms with Gasteiger partial charge in [0.1, 0.15) is 0 Å². The smallest absolute Gasteiger partial charge is 0.376 e. The summed E-state index contributed by atoms with van der Waals surface area (Å²) in [5.74, 6) is -0.388. The summed E-state index contributed by atoms with van der Waals surface area (Å²) >= 11 is 5.57. The molecule has 0 saturated carbocycles. The molecule has 1 amide bonds. The van der Waals surface area contributed by atoms with Gasteiger partial charge in [0.25, 0.3) is 0 Å². The molecule has 0 aliphatic heterocycles. The number of hydrogen-bond donors (Lipinski definition) is 2. The fourth-order valence-corrected chi connectivity index (χ4v) is 1.72. The molecular formula is C13H16ClF3N2O. The zero-order valence-electron chi connectivity index (χ0n) is 11.4. The third-order valence-electron chi connectivity index (χ3n) is 2.24. The van der Waals surface area contributed by atoms with Crippen molar-refractivity contribution in [1.82, 2.24) is 5.32 Å². The van der Waals surface area contributed by atoms with Gasteiger partial charge in [-0.2, -0.15) is 13.2 Å². The maximum atomic E-state index is 12.8. The van der Waals surface area contributed by atoms with Gasteiger partial charge >= 0.3 is 6.18 Å². The first-order chi connectivity index (χ1) is 8.99. The van der Waals surface area contributed by atoms with Gasteiger partial charge in [0.15, 0.2) is 0 Å². The fraction of sp³-hybridized carbons (Fsp3) is 0.462. The first-order valence-corrected chi connectivity index (χ1v) is 6.28. The molecule has 1 rings (SSSR count). The van der Waals surface area contributed by atoms with Gasteiger partial charge in [-0.25, -0.2) is 0 Å². The maximum absolute atomic E-state index is 12.8. The lowest BCUT2D eigenvalue weighted by atomic mass is 10.1. The van der Waals surface area contributed by atoms with Crippen LogP contribution in [0.4, 0.5) is 18.9 Å². The summed E-state index contributed by atoms with van der Waals surface area (Å²) in [7, 11) is 0. The van der Waals surface area contributed by atoms with Crippen molar-refractivity contribution in [3.63, 3.8) is 0 Å². The van der Waals surface area contributed by atoms with Gasteiger partial charge in [-0.1, -0.05) is 11.6 Å². The SMILES string of the molecule is CC(C)(C)NC(=O)CNc1ccc(Cl)cc1C(F)(F)F.